The van der Waals surface area contributed by atoms with E-state index in [1.165, 1.54) is 0 Å². The molecule has 1 aliphatic rings. The Balaban J connectivity index is 1.92. The van der Waals surface area contributed by atoms with E-state index in [1.807, 2.05) is 30.1 Å². The van der Waals surface area contributed by atoms with Gasteiger partial charge in [-0.15, -0.1) is 0 Å². The Hall–Kier alpha value is -2.41. The van der Waals surface area contributed by atoms with Crippen molar-refractivity contribution < 1.29 is 4.74 Å². The summed E-state index contributed by atoms with van der Waals surface area (Å²) in [6.45, 7) is 9.45. The SMILES string of the molecule is CCn1nccc1-c1cc(N2CCOC[C@H]2C)n2c(C)ncc2n1. The lowest BCUT2D eigenvalue weighted by molar-refractivity contribution is 0.0984. The number of hydrogen-bond acceptors (Lipinski definition) is 5. The molecule has 0 unspecified atom stereocenters. The Morgan fingerprint density at radius 2 is 2.25 bits per heavy atom. The van der Waals surface area contributed by atoms with Crippen LogP contribution < -0.4 is 4.90 Å². The molecule has 3 aromatic rings. The Kier molecular flexibility index (Phi) is 3.72. The number of rotatable bonds is 3. The molecule has 0 aliphatic carbocycles. The molecule has 0 amide bonds. The van der Waals surface area contributed by atoms with Crippen molar-refractivity contribution >= 4 is 11.5 Å². The van der Waals surface area contributed by atoms with Crippen LogP contribution >= 0.6 is 0 Å². The summed E-state index contributed by atoms with van der Waals surface area (Å²) >= 11 is 0. The second-order valence-electron chi connectivity index (χ2n) is 6.15. The number of imidazole rings is 1. The fourth-order valence-corrected chi connectivity index (χ4v) is 3.35. The first-order chi connectivity index (χ1) is 11.7. The maximum Gasteiger partial charge on any atom is 0.158 e. The van der Waals surface area contributed by atoms with Gasteiger partial charge in [-0.2, -0.15) is 5.10 Å². The van der Waals surface area contributed by atoms with Gasteiger partial charge in [-0.3, -0.25) is 9.08 Å². The van der Waals surface area contributed by atoms with Crippen LogP contribution in [0.3, 0.4) is 0 Å². The van der Waals surface area contributed by atoms with E-state index in [9.17, 15) is 0 Å². The van der Waals surface area contributed by atoms with Gasteiger partial charge in [-0.25, -0.2) is 9.97 Å². The second-order valence-corrected chi connectivity index (χ2v) is 6.15. The zero-order chi connectivity index (χ0) is 16.7. The average molecular weight is 326 g/mol. The van der Waals surface area contributed by atoms with Crippen molar-refractivity contribution in [3.8, 4) is 11.4 Å². The van der Waals surface area contributed by atoms with Gasteiger partial charge >= 0.3 is 0 Å². The van der Waals surface area contributed by atoms with Crippen LogP contribution in [0.4, 0.5) is 5.82 Å². The van der Waals surface area contributed by atoms with E-state index in [0.717, 1.165) is 55.0 Å². The third-order valence-corrected chi connectivity index (χ3v) is 4.59. The van der Waals surface area contributed by atoms with Gasteiger partial charge in [-0.1, -0.05) is 0 Å². The van der Waals surface area contributed by atoms with Crippen molar-refractivity contribution in [3.05, 3.63) is 30.4 Å². The number of fused-ring (bicyclic) bond motifs is 1. The Bertz CT molecular complexity index is 867. The van der Waals surface area contributed by atoms with Crippen molar-refractivity contribution in [1.82, 2.24) is 24.1 Å². The molecule has 1 atom stereocenters. The van der Waals surface area contributed by atoms with E-state index < -0.39 is 0 Å². The van der Waals surface area contributed by atoms with Gasteiger partial charge in [-0.05, 0) is 26.8 Å². The number of anilines is 1. The largest absolute Gasteiger partial charge is 0.377 e. The highest BCUT2D eigenvalue weighted by molar-refractivity contribution is 5.65. The molecule has 0 saturated carbocycles. The molecular formula is C17H22N6O. The summed E-state index contributed by atoms with van der Waals surface area (Å²) in [5.74, 6) is 2.06. The molecule has 3 aromatic heterocycles. The lowest BCUT2D eigenvalue weighted by Crippen LogP contribution is -2.44. The maximum atomic E-state index is 5.60. The highest BCUT2D eigenvalue weighted by Crippen LogP contribution is 2.27. The van der Waals surface area contributed by atoms with E-state index in [4.69, 9.17) is 9.72 Å². The fourth-order valence-electron chi connectivity index (χ4n) is 3.35. The van der Waals surface area contributed by atoms with Crippen molar-refractivity contribution in [2.75, 3.05) is 24.7 Å². The molecule has 1 saturated heterocycles. The first-order valence-electron chi connectivity index (χ1n) is 8.40. The molecule has 0 N–H and O–H groups in total. The van der Waals surface area contributed by atoms with Crippen molar-refractivity contribution in [1.29, 1.82) is 0 Å². The monoisotopic (exact) mass is 326 g/mol. The number of aryl methyl sites for hydroxylation is 2. The smallest absolute Gasteiger partial charge is 0.158 e. The Morgan fingerprint density at radius 3 is 3.04 bits per heavy atom. The summed E-state index contributed by atoms with van der Waals surface area (Å²) in [5.41, 5.74) is 2.82. The minimum absolute atomic E-state index is 0.315. The minimum Gasteiger partial charge on any atom is -0.377 e. The molecule has 0 aromatic carbocycles. The molecule has 24 heavy (non-hydrogen) atoms. The predicted octanol–water partition coefficient (Wildman–Crippen LogP) is 2.15. The first kappa shape index (κ1) is 15.1. The lowest BCUT2D eigenvalue weighted by atomic mass is 10.2. The predicted molar refractivity (Wildman–Crippen MR) is 92.2 cm³/mol. The van der Waals surface area contributed by atoms with Crippen LogP contribution in [-0.4, -0.2) is 49.9 Å². The van der Waals surface area contributed by atoms with Gasteiger partial charge in [0, 0.05) is 25.4 Å². The van der Waals surface area contributed by atoms with E-state index in [1.54, 1.807) is 0 Å². The lowest BCUT2D eigenvalue weighted by Gasteiger charge is -2.35. The van der Waals surface area contributed by atoms with Crippen molar-refractivity contribution in [2.24, 2.45) is 0 Å². The standard InChI is InChI=1S/C17H22N6O/c1-4-22-15(5-6-19-22)14-9-17(21-7-8-24-11-12(21)2)23-13(3)18-10-16(23)20-14/h5-6,9-10,12H,4,7-8,11H2,1-3H3/t12-/m1/s1. The van der Waals surface area contributed by atoms with Crippen LogP contribution in [0.2, 0.25) is 0 Å². The van der Waals surface area contributed by atoms with Gasteiger partial charge in [0.25, 0.3) is 0 Å². The molecule has 0 bridgehead atoms. The van der Waals surface area contributed by atoms with Crippen molar-refractivity contribution in [2.45, 2.75) is 33.4 Å². The van der Waals surface area contributed by atoms with Gasteiger partial charge in [0.15, 0.2) is 5.65 Å². The molecule has 4 rings (SSSR count). The zero-order valence-corrected chi connectivity index (χ0v) is 14.3. The van der Waals surface area contributed by atoms with Gasteiger partial charge in [0.2, 0.25) is 0 Å². The van der Waals surface area contributed by atoms with Crippen LogP contribution in [0.5, 0.6) is 0 Å². The number of aromatic nitrogens is 5. The zero-order valence-electron chi connectivity index (χ0n) is 14.3. The van der Waals surface area contributed by atoms with E-state index in [0.29, 0.717) is 6.04 Å². The van der Waals surface area contributed by atoms with E-state index >= 15 is 0 Å². The maximum absolute atomic E-state index is 5.60. The highest BCUT2D eigenvalue weighted by Gasteiger charge is 2.23. The third kappa shape index (κ3) is 2.36. The number of ether oxygens (including phenoxy) is 1. The number of nitrogens with zero attached hydrogens (tertiary/aromatic N) is 6. The topological polar surface area (TPSA) is 60.5 Å². The van der Waals surface area contributed by atoms with Crippen LogP contribution in [0.25, 0.3) is 17.0 Å². The van der Waals surface area contributed by atoms with Crippen molar-refractivity contribution in [3.63, 3.8) is 0 Å². The number of morpholine rings is 1. The van der Waals surface area contributed by atoms with E-state index in [2.05, 4.69) is 39.3 Å². The summed E-state index contributed by atoms with van der Waals surface area (Å²) in [7, 11) is 0. The van der Waals surface area contributed by atoms with Gasteiger partial charge in [0.05, 0.1) is 36.8 Å². The molecule has 1 aliphatic heterocycles. The molecule has 126 valence electrons. The molecule has 0 spiro atoms. The number of hydrogen-bond donors (Lipinski definition) is 0. The summed E-state index contributed by atoms with van der Waals surface area (Å²) < 4.78 is 9.69. The first-order valence-corrected chi connectivity index (χ1v) is 8.40. The molecule has 7 heteroatoms. The molecule has 7 nitrogen and oxygen atoms in total. The minimum atomic E-state index is 0.315. The normalized spacial score (nSPS) is 18.5. The molecule has 4 heterocycles. The quantitative estimate of drug-likeness (QED) is 0.738. The van der Waals surface area contributed by atoms with Crippen LogP contribution in [0, 0.1) is 6.92 Å². The van der Waals surface area contributed by atoms with E-state index in [-0.39, 0.29) is 0 Å². The average Bonchev–Trinajstić information content (AvgIpc) is 3.21. The summed E-state index contributed by atoms with van der Waals surface area (Å²) in [5, 5.41) is 4.37. The Labute approximate surface area is 140 Å². The van der Waals surface area contributed by atoms with Crippen LogP contribution in [-0.2, 0) is 11.3 Å². The Morgan fingerprint density at radius 1 is 1.38 bits per heavy atom. The van der Waals surface area contributed by atoms with Crippen LogP contribution in [0.15, 0.2) is 24.5 Å². The molecule has 0 radical (unpaired) electrons. The summed E-state index contributed by atoms with van der Waals surface area (Å²) in [6.07, 6.45) is 3.66. The van der Waals surface area contributed by atoms with Gasteiger partial charge < -0.3 is 9.64 Å². The fraction of sp³-hybridized carbons (Fsp3) is 0.471. The molecule has 1 fully saturated rings. The second kappa shape index (κ2) is 5.90. The van der Waals surface area contributed by atoms with Crippen LogP contribution in [0.1, 0.15) is 19.7 Å². The highest BCUT2D eigenvalue weighted by atomic mass is 16.5. The molecular weight excluding hydrogens is 304 g/mol. The summed E-state index contributed by atoms with van der Waals surface area (Å²) in [4.78, 5) is 11.6. The summed E-state index contributed by atoms with van der Waals surface area (Å²) in [6, 6.07) is 4.47. The van der Waals surface area contributed by atoms with Gasteiger partial charge in [0.1, 0.15) is 11.6 Å². The third-order valence-electron chi connectivity index (χ3n) is 4.59.